The van der Waals surface area contributed by atoms with Crippen LogP contribution in [-0.4, -0.2) is 81.6 Å². The Morgan fingerprint density at radius 1 is 1.03 bits per heavy atom. The van der Waals surface area contributed by atoms with Crippen LogP contribution >= 0.6 is 0 Å². The molecule has 0 radical (unpaired) electrons. The summed E-state index contributed by atoms with van der Waals surface area (Å²) in [7, 11) is 1.58. The van der Waals surface area contributed by atoms with Gasteiger partial charge in [-0.15, -0.1) is 0 Å². The summed E-state index contributed by atoms with van der Waals surface area (Å²) in [6.45, 7) is 4.27. The highest BCUT2D eigenvalue weighted by Gasteiger charge is 2.24. The molecule has 0 saturated carbocycles. The van der Waals surface area contributed by atoms with Crippen molar-refractivity contribution < 1.29 is 38.0 Å². The third-order valence-corrected chi connectivity index (χ3v) is 5.33. The van der Waals surface area contributed by atoms with Gasteiger partial charge in [-0.05, 0) is 50.1 Å². The zero-order valence-electron chi connectivity index (χ0n) is 20.7. The highest BCUT2D eigenvalue weighted by molar-refractivity contribution is 6.03. The van der Waals surface area contributed by atoms with Gasteiger partial charge in [0.25, 0.3) is 5.91 Å². The van der Waals surface area contributed by atoms with E-state index in [1.165, 1.54) is 17.1 Å². The smallest absolute Gasteiger partial charge is 0.276 e. The molecule has 0 saturated heterocycles. The van der Waals surface area contributed by atoms with Crippen molar-refractivity contribution in [2.24, 2.45) is 5.10 Å². The van der Waals surface area contributed by atoms with E-state index >= 15 is 0 Å². The quantitative estimate of drug-likeness (QED) is 0.394. The molecule has 1 aliphatic heterocycles. The average Bonchev–Trinajstić information content (AvgIpc) is 2.90. The fourth-order valence-corrected chi connectivity index (χ4v) is 3.62. The molecule has 2 aromatic rings. The molecule has 196 valence electrons. The Hall–Kier alpha value is -3.21. The fourth-order valence-electron chi connectivity index (χ4n) is 3.62. The molecule has 10 heteroatoms. The number of halogens is 1. The van der Waals surface area contributed by atoms with Gasteiger partial charge in [0.15, 0.2) is 11.5 Å². The van der Waals surface area contributed by atoms with E-state index in [0.717, 1.165) is 11.3 Å². The van der Waals surface area contributed by atoms with E-state index in [2.05, 4.69) is 5.10 Å². The second kappa shape index (κ2) is 14.4. The van der Waals surface area contributed by atoms with Crippen LogP contribution in [0.3, 0.4) is 0 Å². The Bertz CT molecular complexity index is 1030. The van der Waals surface area contributed by atoms with Crippen LogP contribution < -0.4 is 14.2 Å². The summed E-state index contributed by atoms with van der Waals surface area (Å²) in [6.07, 6.45) is 1.39. The van der Waals surface area contributed by atoms with Gasteiger partial charge in [0.2, 0.25) is 0 Å². The Morgan fingerprint density at radius 2 is 1.81 bits per heavy atom. The van der Waals surface area contributed by atoms with Gasteiger partial charge >= 0.3 is 0 Å². The topological polar surface area (TPSA) is 99.1 Å². The van der Waals surface area contributed by atoms with Gasteiger partial charge in [-0.1, -0.05) is 0 Å². The molecule has 1 heterocycles. The first-order valence-corrected chi connectivity index (χ1v) is 12.0. The van der Waals surface area contributed by atoms with E-state index in [4.69, 9.17) is 28.8 Å². The number of aliphatic hydroxyl groups excluding tert-OH is 1. The highest BCUT2D eigenvalue weighted by atomic mass is 19.1. The van der Waals surface area contributed by atoms with Gasteiger partial charge in [-0.2, -0.15) is 5.10 Å². The number of rotatable bonds is 14. The molecule has 1 aliphatic rings. The lowest BCUT2D eigenvalue weighted by atomic mass is 10.0. The predicted octanol–water partition coefficient (Wildman–Crippen LogP) is 3.28. The summed E-state index contributed by atoms with van der Waals surface area (Å²) >= 11 is 0. The second-order valence-corrected chi connectivity index (χ2v) is 7.82. The van der Waals surface area contributed by atoms with Crippen molar-refractivity contribution in [1.29, 1.82) is 0 Å². The minimum absolute atomic E-state index is 0.0313. The third kappa shape index (κ3) is 7.64. The van der Waals surface area contributed by atoms with Gasteiger partial charge < -0.3 is 28.8 Å². The van der Waals surface area contributed by atoms with Crippen molar-refractivity contribution in [3.05, 3.63) is 53.3 Å². The Labute approximate surface area is 210 Å². The minimum Gasteiger partial charge on any atom is -0.493 e. The summed E-state index contributed by atoms with van der Waals surface area (Å²) < 4.78 is 41.7. The summed E-state index contributed by atoms with van der Waals surface area (Å²) in [5, 5.41) is 14.4. The average molecular weight is 505 g/mol. The van der Waals surface area contributed by atoms with Crippen LogP contribution in [0.1, 0.15) is 35.7 Å². The van der Waals surface area contributed by atoms with E-state index in [0.29, 0.717) is 63.1 Å². The lowest BCUT2D eigenvalue weighted by Crippen LogP contribution is -2.32. The van der Waals surface area contributed by atoms with Gasteiger partial charge in [-0.3, -0.25) is 4.79 Å². The molecule has 0 fully saturated rings. The maximum atomic E-state index is 14.8. The molecule has 0 unspecified atom stereocenters. The van der Waals surface area contributed by atoms with Crippen molar-refractivity contribution in [1.82, 2.24) is 5.01 Å². The third-order valence-electron chi connectivity index (χ3n) is 5.33. The number of methoxy groups -OCH3 is 1. The zero-order chi connectivity index (χ0) is 25.8. The molecule has 0 bridgehead atoms. The van der Waals surface area contributed by atoms with Gasteiger partial charge in [0.05, 0.1) is 58.0 Å². The lowest BCUT2D eigenvalue weighted by Gasteiger charge is -2.24. The molecule has 3 rings (SSSR count). The van der Waals surface area contributed by atoms with Crippen molar-refractivity contribution in [2.75, 3.05) is 59.9 Å². The predicted molar refractivity (Wildman–Crippen MR) is 132 cm³/mol. The maximum absolute atomic E-state index is 14.8. The van der Waals surface area contributed by atoms with E-state index < -0.39 is 11.7 Å². The maximum Gasteiger partial charge on any atom is 0.276 e. The fraction of sp³-hybridized carbons (Fsp3) is 0.462. The standard InChI is InChI=1S/C26H33FN2O7/c1-3-35-25-17-19(6-9-24(25)32-2)23-5-4-10-29(28-23)26(31)21-8-7-20(18-22(21)27)36-16-15-34-14-13-33-12-11-30/h6-9,17-18,30H,3-5,10-16H2,1-2H3. The zero-order valence-corrected chi connectivity index (χ0v) is 20.7. The van der Waals surface area contributed by atoms with Crippen LogP contribution in [0.25, 0.3) is 0 Å². The molecule has 0 spiro atoms. The van der Waals surface area contributed by atoms with Gasteiger partial charge in [0.1, 0.15) is 18.2 Å². The van der Waals surface area contributed by atoms with Crippen molar-refractivity contribution in [3.63, 3.8) is 0 Å². The molecular weight excluding hydrogens is 471 g/mol. The first-order valence-electron chi connectivity index (χ1n) is 12.0. The molecule has 2 aromatic carbocycles. The summed E-state index contributed by atoms with van der Waals surface area (Å²) in [5.74, 6) is 0.328. The number of hydrogen-bond donors (Lipinski definition) is 1. The largest absolute Gasteiger partial charge is 0.493 e. The molecular formula is C26H33FN2O7. The first-order chi connectivity index (χ1) is 17.6. The van der Waals surface area contributed by atoms with Crippen LogP contribution in [-0.2, 0) is 9.47 Å². The molecule has 0 aliphatic carbocycles. The van der Waals surface area contributed by atoms with Gasteiger partial charge in [-0.25, -0.2) is 9.40 Å². The van der Waals surface area contributed by atoms with Crippen LogP contribution in [0.4, 0.5) is 4.39 Å². The van der Waals surface area contributed by atoms with Crippen molar-refractivity contribution >= 4 is 11.6 Å². The van der Waals surface area contributed by atoms with Crippen LogP contribution in [0, 0.1) is 5.82 Å². The molecule has 0 atom stereocenters. The molecule has 0 aromatic heterocycles. The summed E-state index contributed by atoms with van der Waals surface area (Å²) in [6, 6.07) is 9.65. The SMILES string of the molecule is CCOc1cc(C2=NN(C(=O)c3ccc(OCCOCCOCCO)cc3F)CCC2)ccc1OC. The number of benzene rings is 2. The highest BCUT2D eigenvalue weighted by Crippen LogP contribution is 2.30. The monoisotopic (exact) mass is 504 g/mol. The first kappa shape index (κ1) is 27.4. The van der Waals surface area contributed by atoms with Crippen LogP contribution in [0.5, 0.6) is 17.2 Å². The minimum atomic E-state index is -0.679. The number of carbonyl (C=O) groups is 1. The number of ether oxygens (including phenoxy) is 5. The summed E-state index contributed by atoms with van der Waals surface area (Å²) in [5.41, 5.74) is 1.47. The molecule has 1 N–H and O–H groups in total. The number of nitrogens with zero attached hydrogens (tertiary/aromatic N) is 2. The van der Waals surface area contributed by atoms with Crippen LogP contribution in [0.2, 0.25) is 0 Å². The Kier molecular flexibility index (Phi) is 10.9. The van der Waals surface area contributed by atoms with E-state index in [1.54, 1.807) is 19.2 Å². The Morgan fingerprint density at radius 3 is 2.53 bits per heavy atom. The van der Waals surface area contributed by atoms with Gasteiger partial charge in [0, 0.05) is 18.2 Å². The Balaban J connectivity index is 1.60. The van der Waals surface area contributed by atoms with E-state index in [1.807, 2.05) is 19.1 Å². The molecule has 36 heavy (non-hydrogen) atoms. The summed E-state index contributed by atoms with van der Waals surface area (Å²) in [4.78, 5) is 13.0. The van der Waals surface area contributed by atoms with Crippen molar-refractivity contribution in [3.8, 4) is 17.2 Å². The van der Waals surface area contributed by atoms with E-state index in [9.17, 15) is 9.18 Å². The number of hydrazone groups is 1. The number of hydrogen-bond acceptors (Lipinski definition) is 8. The number of carbonyl (C=O) groups excluding carboxylic acids is 1. The number of amides is 1. The van der Waals surface area contributed by atoms with Crippen LogP contribution in [0.15, 0.2) is 41.5 Å². The molecule has 9 nitrogen and oxygen atoms in total. The van der Waals surface area contributed by atoms with Crippen molar-refractivity contribution in [2.45, 2.75) is 19.8 Å². The van der Waals surface area contributed by atoms with E-state index in [-0.39, 0.29) is 25.4 Å². The second-order valence-electron chi connectivity index (χ2n) is 7.82. The number of aliphatic hydroxyl groups is 1. The lowest BCUT2D eigenvalue weighted by molar-refractivity contribution is 0.0247. The normalized spacial score (nSPS) is 13.3. The molecule has 1 amide bonds.